The van der Waals surface area contributed by atoms with Gasteiger partial charge in [0.15, 0.2) is 11.4 Å². The third-order valence-corrected chi connectivity index (χ3v) is 7.59. The number of hydrogen-bond donors (Lipinski definition) is 3. The van der Waals surface area contributed by atoms with Crippen molar-refractivity contribution in [1.82, 2.24) is 5.32 Å². The number of Topliss-reactive ketones (excluding diaryl/α,β-unsaturated/α-hetero) is 2. The lowest BCUT2D eigenvalue weighted by molar-refractivity contribution is -0.145. The summed E-state index contributed by atoms with van der Waals surface area (Å²) in [5.41, 5.74) is 6.03. The summed E-state index contributed by atoms with van der Waals surface area (Å²) in [6.07, 6.45) is 7.32. The molecule has 0 aromatic heterocycles. The minimum absolute atomic E-state index is 0.0668. The number of hydrogen-bond acceptors (Lipinski definition) is 8. The molecule has 2 aromatic rings. The van der Waals surface area contributed by atoms with Crippen molar-refractivity contribution in [3.05, 3.63) is 100 Å². The Kier molecular flexibility index (Phi) is 6.44. The molecule has 4 N–H and O–H groups in total. The van der Waals surface area contributed by atoms with E-state index >= 15 is 0 Å². The van der Waals surface area contributed by atoms with Crippen LogP contribution in [0.3, 0.4) is 0 Å². The number of phenolic OH excluding ortho intramolecular Hbond substituents is 1. The summed E-state index contributed by atoms with van der Waals surface area (Å²) in [4.78, 5) is 39.7. The molecule has 2 aliphatic heterocycles. The molecule has 38 heavy (non-hydrogen) atoms. The van der Waals surface area contributed by atoms with Crippen LogP contribution in [0.5, 0.6) is 5.75 Å². The lowest BCUT2D eigenvalue weighted by Crippen LogP contribution is -2.50. The maximum atomic E-state index is 13.6. The van der Waals surface area contributed by atoms with Crippen molar-refractivity contribution in [3.63, 3.8) is 0 Å². The Morgan fingerprint density at radius 3 is 2.50 bits per heavy atom. The maximum Gasteiger partial charge on any atom is 0.350 e. The molecule has 5 rings (SSSR count). The number of epoxide rings is 1. The average Bonchev–Trinajstić information content (AvgIpc) is 3.63. The molecule has 1 saturated heterocycles. The number of fused-ring (bicyclic) bond motifs is 2. The third-order valence-electron chi connectivity index (χ3n) is 7.59. The molecule has 2 aromatic carbocycles. The number of nitrogens with one attached hydrogen (secondary N) is 1. The fraction of sp³-hybridized carbons (Fsp3) is 0.300. The van der Waals surface area contributed by atoms with Gasteiger partial charge in [-0.2, -0.15) is 0 Å². The van der Waals surface area contributed by atoms with Crippen LogP contribution in [-0.2, 0) is 20.7 Å². The van der Waals surface area contributed by atoms with Crippen LogP contribution in [0.15, 0.2) is 83.7 Å². The van der Waals surface area contributed by atoms with E-state index in [0.29, 0.717) is 25.2 Å². The van der Waals surface area contributed by atoms with Gasteiger partial charge < -0.3 is 25.6 Å². The molecule has 3 atom stereocenters. The van der Waals surface area contributed by atoms with Crippen LogP contribution >= 0.6 is 0 Å². The fourth-order valence-corrected chi connectivity index (χ4v) is 5.55. The second kappa shape index (κ2) is 9.61. The number of benzene rings is 2. The number of phenols is 1. The zero-order valence-corrected chi connectivity index (χ0v) is 21.3. The number of allylic oxidation sites excluding steroid dienone is 3. The summed E-state index contributed by atoms with van der Waals surface area (Å²) < 4.78 is 10.7. The number of carbonyl (C=O) groups is 3. The predicted molar refractivity (Wildman–Crippen MR) is 140 cm³/mol. The monoisotopic (exact) mass is 514 g/mol. The number of ketones is 2. The van der Waals surface area contributed by atoms with Crippen LogP contribution < -0.4 is 11.1 Å². The molecule has 8 nitrogen and oxygen atoms in total. The molecule has 3 unspecified atom stereocenters. The molecule has 8 heteroatoms. The molecule has 0 bridgehead atoms. The first kappa shape index (κ1) is 25.5. The van der Waals surface area contributed by atoms with E-state index in [1.165, 1.54) is 13.2 Å². The molecule has 0 saturated carbocycles. The van der Waals surface area contributed by atoms with Crippen LogP contribution in [0.2, 0.25) is 0 Å². The molecular weight excluding hydrogens is 484 g/mol. The van der Waals surface area contributed by atoms with Crippen molar-refractivity contribution in [3.8, 4) is 5.75 Å². The molecular formula is C30H30N2O6. The molecule has 2 heterocycles. The SMILES string of the molecule is COC(=O)C12OC1(CC=C(C)CC(Cc1ccc(O)cc1)C1=CCNC(N)=C1)C(=O)c1ccccc1C2=O. The Hall–Kier alpha value is -4.17. The number of esters is 1. The van der Waals surface area contributed by atoms with Gasteiger partial charge in [0, 0.05) is 24.1 Å². The smallest absolute Gasteiger partial charge is 0.350 e. The number of methoxy groups -OCH3 is 1. The van der Waals surface area contributed by atoms with Crippen molar-refractivity contribution in [2.75, 3.05) is 13.7 Å². The molecule has 1 aliphatic carbocycles. The summed E-state index contributed by atoms with van der Waals surface area (Å²) in [5.74, 6) is -0.919. The van der Waals surface area contributed by atoms with Gasteiger partial charge in [-0.15, -0.1) is 0 Å². The van der Waals surface area contributed by atoms with E-state index in [1.807, 2.05) is 31.2 Å². The normalized spacial score (nSPS) is 24.8. The lowest BCUT2D eigenvalue weighted by Gasteiger charge is -2.24. The van der Waals surface area contributed by atoms with E-state index in [-0.39, 0.29) is 35.0 Å². The minimum atomic E-state index is -1.95. The second-order valence-electron chi connectivity index (χ2n) is 10.0. The fourth-order valence-electron chi connectivity index (χ4n) is 5.55. The Balaban J connectivity index is 1.42. The van der Waals surface area contributed by atoms with Gasteiger partial charge in [0.05, 0.1) is 12.9 Å². The van der Waals surface area contributed by atoms with E-state index in [1.54, 1.807) is 30.3 Å². The highest BCUT2D eigenvalue weighted by Crippen LogP contribution is 2.58. The maximum absolute atomic E-state index is 13.6. The standard InChI is InChI=1S/C30H30N2O6/c1-18(15-21(20-12-14-32-25(31)17-20)16-19-7-9-22(33)10-8-19)11-13-29-26(34)23-5-3-4-6-24(23)27(35)30(29,38-29)28(36)37-2/h3-12,17,21,32-33H,13-16,31H2,1-2H3. The Morgan fingerprint density at radius 1 is 1.16 bits per heavy atom. The summed E-state index contributed by atoms with van der Waals surface area (Å²) in [5, 5.41) is 12.8. The van der Waals surface area contributed by atoms with Gasteiger partial charge in [-0.05, 0) is 55.0 Å². The first-order valence-electron chi connectivity index (χ1n) is 12.5. The third kappa shape index (κ3) is 4.11. The number of carbonyl (C=O) groups excluding carboxylic acids is 3. The number of aromatic hydroxyl groups is 1. The van der Waals surface area contributed by atoms with Gasteiger partial charge in [0.25, 0.3) is 5.60 Å². The Morgan fingerprint density at radius 2 is 1.84 bits per heavy atom. The van der Waals surface area contributed by atoms with Crippen molar-refractivity contribution >= 4 is 17.5 Å². The zero-order chi connectivity index (χ0) is 27.1. The first-order valence-corrected chi connectivity index (χ1v) is 12.5. The van der Waals surface area contributed by atoms with E-state index in [4.69, 9.17) is 15.2 Å². The van der Waals surface area contributed by atoms with Crippen molar-refractivity contribution < 1.29 is 29.0 Å². The van der Waals surface area contributed by atoms with Crippen LogP contribution in [0, 0.1) is 5.92 Å². The Labute approximate surface area is 220 Å². The Bertz CT molecular complexity index is 1410. The van der Waals surface area contributed by atoms with E-state index in [0.717, 1.165) is 16.7 Å². The van der Waals surface area contributed by atoms with Crippen molar-refractivity contribution in [2.24, 2.45) is 11.7 Å². The number of nitrogens with two attached hydrogens (primary N) is 1. The van der Waals surface area contributed by atoms with Crippen LogP contribution in [0.4, 0.5) is 0 Å². The van der Waals surface area contributed by atoms with Gasteiger partial charge in [0.1, 0.15) is 5.75 Å². The van der Waals surface area contributed by atoms with Crippen LogP contribution in [0.25, 0.3) is 0 Å². The minimum Gasteiger partial charge on any atom is -0.508 e. The molecule has 0 amide bonds. The zero-order valence-electron chi connectivity index (χ0n) is 21.3. The molecule has 0 radical (unpaired) electrons. The molecule has 196 valence electrons. The highest BCUT2D eigenvalue weighted by Gasteiger charge is 2.85. The largest absolute Gasteiger partial charge is 0.508 e. The van der Waals surface area contributed by atoms with E-state index in [2.05, 4.69) is 11.4 Å². The number of rotatable bonds is 8. The quantitative estimate of drug-likeness (QED) is 0.212. The van der Waals surface area contributed by atoms with E-state index in [9.17, 15) is 19.5 Å². The second-order valence-corrected chi connectivity index (χ2v) is 10.0. The van der Waals surface area contributed by atoms with E-state index < -0.39 is 23.0 Å². The molecule has 3 aliphatic rings. The van der Waals surface area contributed by atoms with Crippen molar-refractivity contribution in [2.45, 2.75) is 37.4 Å². The predicted octanol–water partition coefficient (Wildman–Crippen LogP) is 3.37. The van der Waals surface area contributed by atoms with Crippen molar-refractivity contribution in [1.29, 1.82) is 0 Å². The number of ether oxygens (including phenoxy) is 2. The highest BCUT2D eigenvalue weighted by molar-refractivity contribution is 6.32. The molecule has 1 fully saturated rings. The highest BCUT2D eigenvalue weighted by atomic mass is 16.7. The van der Waals surface area contributed by atoms with Crippen LogP contribution in [-0.4, -0.2) is 47.5 Å². The summed E-state index contributed by atoms with van der Waals surface area (Å²) >= 11 is 0. The number of dihydropyridines is 1. The van der Waals surface area contributed by atoms with Crippen LogP contribution in [0.1, 0.15) is 46.0 Å². The van der Waals surface area contributed by atoms with Gasteiger partial charge >= 0.3 is 5.97 Å². The molecule has 0 spiro atoms. The van der Waals surface area contributed by atoms with Gasteiger partial charge in [-0.25, -0.2) is 4.79 Å². The lowest BCUT2D eigenvalue weighted by atomic mass is 9.72. The van der Waals surface area contributed by atoms with Gasteiger partial charge in [0.2, 0.25) is 5.78 Å². The van der Waals surface area contributed by atoms with Gasteiger partial charge in [-0.3, -0.25) is 9.59 Å². The summed E-state index contributed by atoms with van der Waals surface area (Å²) in [6, 6.07) is 13.6. The average molecular weight is 515 g/mol. The summed E-state index contributed by atoms with van der Waals surface area (Å²) in [7, 11) is 1.18. The van der Waals surface area contributed by atoms with Gasteiger partial charge in [-0.1, -0.05) is 54.1 Å². The topological polar surface area (TPSA) is 131 Å². The summed E-state index contributed by atoms with van der Waals surface area (Å²) in [6.45, 7) is 2.58. The first-order chi connectivity index (χ1) is 18.2.